The van der Waals surface area contributed by atoms with Crippen LogP contribution in [-0.4, -0.2) is 32.0 Å². The van der Waals surface area contributed by atoms with E-state index in [1.54, 1.807) is 13.8 Å². The molecular formula is C12H17ClN2O4S. The fourth-order valence-electron chi connectivity index (χ4n) is 1.52. The van der Waals surface area contributed by atoms with E-state index >= 15 is 0 Å². The molecule has 1 N–H and O–H groups in total. The average molecular weight is 321 g/mol. The molecule has 0 spiro atoms. The Morgan fingerprint density at radius 3 is 2.60 bits per heavy atom. The molecule has 1 heterocycles. The van der Waals surface area contributed by atoms with E-state index in [-0.39, 0.29) is 16.5 Å². The van der Waals surface area contributed by atoms with E-state index < -0.39 is 21.5 Å². The van der Waals surface area contributed by atoms with E-state index in [0.717, 1.165) is 6.20 Å². The van der Waals surface area contributed by atoms with Crippen molar-refractivity contribution in [2.24, 2.45) is 0 Å². The highest BCUT2D eigenvalue weighted by Gasteiger charge is 2.37. The summed E-state index contributed by atoms with van der Waals surface area (Å²) in [5, 5.41) is 0.232. The number of pyridine rings is 1. The summed E-state index contributed by atoms with van der Waals surface area (Å²) in [6.07, 6.45) is 1.39. The van der Waals surface area contributed by atoms with Crippen molar-refractivity contribution in [3.63, 3.8) is 0 Å². The Kier molecular flexibility index (Phi) is 5.12. The van der Waals surface area contributed by atoms with Crippen LogP contribution in [0.2, 0.25) is 5.15 Å². The number of sulfonamides is 1. The lowest BCUT2D eigenvalue weighted by Gasteiger charge is -2.26. The molecule has 0 fully saturated rings. The number of carbonyl (C=O) groups excluding carboxylic acids is 1. The molecule has 0 bridgehead atoms. The smallest absolute Gasteiger partial charge is 0.326 e. The molecule has 1 unspecified atom stereocenters. The first-order valence-corrected chi connectivity index (χ1v) is 7.77. The number of hydrogen-bond acceptors (Lipinski definition) is 5. The van der Waals surface area contributed by atoms with Crippen LogP contribution >= 0.6 is 11.6 Å². The van der Waals surface area contributed by atoms with E-state index in [4.69, 9.17) is 11.6 Å². The number of hydrogen-bond donors (Lipinski definition) is 1. The summed E-state index contributed by atoms with van der Waals surface area (Å²) < 4.78 is 31.6. The SMILES string of the molecule is CCC(C)(NS(=O)(=O)c1cnc(Cl)c(C)c1)C(=O)OC. The van der Waals surface area contributed by atoms with Crippen molar-refractivity contribution in [2.75, 3.05) is 7.11 Å². The van der Waals surface area contributed by atoms with E-state index in [0.29, 0.717) is 5.56 Å². The third-order valence-corrected chi connectivity index (χ3v) is 4.96. The first-order chi connectivity index (χ1) is 9.16. The topological polar surface area (TPSA) is 85.4 Å². The molecule has 0 saturated heterocycles. The minimum Gasteiger partial charge on any atom is -0.468 e. The van der Waals surface area contributed by atoms with Crippen molar-refractivity contribution in [1.82, 2.24) is 9.71 Å². The zero-order chi connectivity index (χ0) is 15.6. The average Bonchev–Trinajstić information content (AvgIpc) is 2.40. The minimum absolute atomic E-state index is 0.0528. The van der Waals surface area contributed by atoms with Gasteiger partial charge in [-0.15, -0.1) is 0 Å². The lowest BCUT2D eigenvalue weighted by molar-refractivity contribution is -0.147. The predicted octanol–water partition coefficient (Wildman–Crippen LogP) is 1.66. The summed E-state index contributed by atoms with van der Waals surface area (Å²) in [6.45, 7) is 4.80. The first kappa shape index (κ1) is 16.9. The highest BCUT2D eigenvalue weighted by molar-refractivity contribution is 7.89. The predicted molar refractivity (Wildman–Crippen MR) is 75.0 cm³/mol. The molecule has 0 amide bonds. The Morgan fingerprint density at radius 2 is 2.15 bits per heavy atom. The number of nitrogens with one attached hydrogen (secondary N) is 1. The summed E-state index contributed by atoms with van der Waals surface area (Å²) in [5.41, 5.74) is -0.799. The normalized spacial score (nSPS) is 14.7. The fourth-order valence-corrected chi connectivity index (χ4v) is 3.08. The van der Waals surface area contributed by atoms with Gasteiger partial charge in [0.2, 0.25) is 10.0 Å². The molecule has 0 radical (unpaired) electrons. The van der Waals surface area contributed by atoms with E-state index in [1.165, 1.54) is 20.1 Å². The molecule has 0 aliphatic heterocycles. The van der Waals surface area contributed by atoms with Gasteiger partial charge in [-0.3, -0.25) is 4.79 Å². The quantitative estimate of drug-likeness (QED) is 0.659. The maximum atomic E-state index is 12.3. The van der Waals surface area contributed by atoms with Crippen molar-refractivity contribution < 1.29 is 17.9 Å². The van der Waals surface area contributed by atoms with E-state index in [1.807, 2.05) is 0 Å². The van der Waals surface area contributed by atoms with Gasteiger partial charge in [0, 0.05) is 6.20 Å². The number of carbonyl (C=O) groups is 1. The molecular weight excluding hydrogens is 304 g/mol. The van der Waals surface area contributed by atoms with Gasteiger partial charge in [-0.2, -0.15) is 4.72 Å². The molecule has 8 heteroatoms. The monoisotopic (exact) mass is 320 g/mol. The van der Waals surface area contributed by atoms with Crippen molar-refractivity contribution in [3.8, 4) is 0 Å². The zero-order valence-corrected chi connectivity index (χ0v) is 13.3. The number of rotatable bonds is 5. The van der Waals surface area contributed by atoms with Crippen LogP contribution in [0.4, 0.5) is 0 Å². The Hall–Kier alpha value is -1.18. The molecule has 0 aromatic carbocycles. The molecule has 6 nitrogen and oxygen atoms in total. The van der Waals surface area contributed by atoms with Gasteiger partial charge < -0.3 is 4.74 Å². The van der Waals surface area contributed by atoms with Crippen molar-refractivity contribution in [3.05, 3.63) is 23.0 Å². The van der Waals surface area contributed by atoms with Gasteiger partial charge in [0.25, 0.3) is 0 Å². The number of methoxy groups -OCH3 is 1. The number of aromatic nitrogens is 1. The van der Waals surface area contributed by atoms with Gasteiger partial charge in [0.1, 0.15) is 15.6 Å². The second-order valence-electron chi connectivity index (χ2n) is 4.56. The zero-order valence-electron chi connectivity index (χ0n) is 11.7. The summed E-state index contributed by atoms with van der Waals surface area (Å²) in [6, 6.07) is 1.39. The number of esters is 1. The van der Waals surface area contributed by atoms with Gasteiger partial charge in [-0.1, -0.05) is 18.5 Å². The van der Waals surface area contributed by atoms with Crippen molar-refractivity contribution in [1.29, 1.82) is 0 Å². The van der Waals surface area contributed by atoms with Crippen LogP contribution in [0.1, 0.15) is 25.8 Å². The molecule has 0 aliphatic rings. The molecule has 1 aromatic rings. The number of aryl methyl sites for hydroxylation is 1. The maximum Gasteiger partial charge on any atom is 0.326 e. The van der Waals surface area contributed by atoms with Gasteiger partial charge >= 0.3 is 5.97 Å². The van der Waals surface area contributed by atoms with Crippen LogP contribution < -0.4 is 4.72 Å². The molecule has 1 rings (SSSR count). The van der Waals surface area contributed by atoms with Crippen LogP contribution in [0.15, 0.2) is 17.2 Å². The van der Waals surface area contributed by atoms with Crippen molar-refractivity contribution in [2.45, 2.75) is 37.6 Å². The van der Waals surface area contributed by atoms with Crippen LogP contribution in [-0.2, 0) is 19.6 Å². The molecule has 0 aliphatic carbocycles. The molecule has 1 atom stereocenters. The molecule has 0 saturated carbocycles. The second-order valence-corrected chi connectivity index (χ2v) is 6.60. The summed E-state index contributed by atoms with van der Waals surface area (Å²) in [4.78, 5) is 15.5. The number of halogens is 1. The minimum atomic E-state index is -3.90. The third kappa shape index (κ3) is 3.47. The van der Waals surface area contributed by atoms with Gasteiger partial charge in [-0.25, -0.2) is 13.4 Å². The summed E-state index contributed by atoms with van der Waals surface area (Å²) in [5.74, 6) is -0.651. The second kappa shape index (κ2) is 6.07. The largest absolute Gasteiger partial charge is 0.468 e. The first-order valence-electron chi connectivity index (χ1n) is 5.91. The lowest BCUT2D eigenvalue weighted by atomic mass is 10.0. The Bertz CT molecular complexity index is 618. The van der Waals surface area contributed by atoms with Gasteiger partial charge in [-0.05, 0) is 31.9 Å². The third-order valence-electron chi connectivity index (χ3n) is 3.00. The standard InChI is InChI=1S/C12H17ClN2O4S/c1-5-12(3,11(16)19-4)15-20(17,18)9-6-8(2)10(13)14-7-9/h6-7,15H,5H2,1-4H3. The Labute approximate surface area is 123 Å². The van der Waals surface area contributed by atoms with E-state index in [2.05, 4.69) is 14.4 Å². The fraction of sp³-hybridized carbons (Fsp3) is 0.500. The van der Waals surface area contributed by atoms with Crippen molar-refractivity contribution >= 4 is 27.6 Å². The Morgan fingerprint density at radius 1 is 1.55 bits per heavy atom. The summed E-state index contributed by atoms with van der Waals surface area (Å²) in [7, 11) is -2.69. The number of nitrogens with zero attached hydrogens (tertiary/aromatic N) is 1. The molecule has 1 aromatic heterocycles. The Balaban J connectivity index is 3.17. The highest BCUT2D eigenvalue weighted by Crippen LogP contribution is 2.20. The number of ether oxygens (including phenoxy) is 1. The van der Waals surface area contributed by atoms with Gasteiger partial charge in [0.15, 0.2) is 0 Å². The lowest BCUT2D eigenvalue weighted by Crippen LogP contribution is -2.52. The highest BCUT2D eigenvalue weighted by atomic mass is 35.5. The maximum absolute atomic E-state index is 12.3. The van der Waals surface area contributed by atoms with Gasteiger partial charge in [0.05, 0.1) is 7.11 Å². The molecule has 20 heavy (non-hydrogen) atoms. The van der Waals surface area contributed by atoms with Crippen LogP contribution in [0, 0.1) is 6.92 Å². The summed E-state index contributed by atoms with van der Waals surface area (Å²) >= 11 is 5.76. The van der Waals surface area contributed by atoms with E-state index in [9.17, 15) is 13.2 Å². The van der Waals surface area contributed by atoms with Crippen LogP contribution in [0.3, 0.4) is 0 Å². The van der Waals surface area contributed by atoms with Crippen LogP contribution in [0.25, 0.3) is 0 Å². The molecule has 112 valence electrons. The van der Waals surface area contributed by atoms with Crippen LogP contribution in [0.5, 0.6) is 0 Å².